The Kier molecular flexibility index (Phi) is 5.15. The van der Waals surface area contributed by atoms with Gasteiger partial charge >= 0.3 is 6.09 Å². The Morgan fingerprint density at radius 3 is 2.71 bits per heavy atom. The van der Waals surface area contributed by atoms with Crippen LogP contribution in [0.1, 0.15) is 52.9 Å². The molecule has 0 aromatic rings. The molecule has 1 amide bonds. The lowest BCUT2D eigenvalue weighted by Crippen LogP contribution is -2.44. The first-order chi connectivity index (χ1) is 9.85. The number of rotatable bonds is 6. The lowest BCUT2D eigenvalue weighted by Gasteiger charge is -2.29. The van der Waals surface area contributed by atoms with E-state index in [4.69, 9.17) is 9.84 Å². The number of ether oxygens (including phenoxy) is 1. The molecule has 1 unspecified atom stereocenters. The van der Waals surface area contributed by atoms with Crippen LogP contribution in [-0.2, 0) is 4.74 Å². The standard InChI is InChI=1S/C16H30N2O3/c1-15(2,3)21-14(20)18-9-4-5-13(18)11-17-12-16(6-7-16)8-10-19/h13,17,19H,4-12H2,1-3H3. The zero-order valence-electron chi connectivity index (χ0n) is 13.7. The highest BCUT2D eigenvalue weighted by Gasteiger charge is 2.41. The van der Waals surface area contributed by atoms with Crippen molar-refractivity contribution in [1.29, 1.82) is 0 Å². The van der Waals surface area contributed by atoms with Crippen molar-refractivity contribution in [3.63, 3.8) is 0 Å². The number of aliphatic hydroxyl groups excluding tert-OH is 1. The van der Waals surface area contributed by atoms with Gasteiger partial charge in [-0.1, -0.05) is 0 Å². The number of hydrogen-bond acceptors (Lipinski definition) is 4. The first-order valence-corrected chi connectivity index (χ1v) is 8.16. The number of amides is 1. The van der Waals surface area contributed by atoms with E-state index in [1.807, 2.05) is 25.7 Å². The van der Waals surface area contributed by atoms with Crippen molar-refractivity contribution in [3.05, 3.63) is 0 Å². The number of carbonyl (C=O) groups excluding carboxylic acids is 1. The van der Waals surface area contributed by atoms with Crippen molar-refractivity contribution < 1.29 is 14.6 Å². The predicted molar refractivity (Wildman–Crippen MR) is 82.2 cm³/mol. The Balaban J connectivity index is 1.76. The molecule has 1 aliphatic carbocycles. The Hall–Kier alpha value is -0.810. The predicted octanol–water partition coefficient (Wildman–Crippen LogP) is 2.14. The molecule has 0 radical (unpaired) electrons. The van der Waals surface area contributed by atoms with Crippen LogP contribution < -0.4 is 5.32 Å². The van der Waals surface area contributed by atoms with Gasteiger partial charge in [0.1, 0.15) is 5.60 Å². The van der Waals surface area contributed by atoms with Crippen LogP contribution in [0, 0.1) is 5.41 Å². The largest absolute Gasteiger partial charge is 0.444 e. The molecule has 2 fully saturated rings. The number of aliphatic hydroxyl groups is 1. The zero-order valence-corrected chi connectivity index (χ0v) is 13.7. The lowest BCUT2D eigenvalue weighted by atomic mass is 10.0. The van der Waals surface area contributed by atoms with E-state index in [1.165, 1.54) is 12.8 Å². The fourth-order valence-corrected chi connectivity index (χ4v) is 3.04. The van der Waals surface area contributed by atoms with Crippen molar-refractivity contribution in [1.82, 2.24) is 10.2 Å². The number of nitrogens with one attached hydrogen (secondary N) is 1. The van der Waals surface area contributed by atoms with Crippen molar-refractivity contribution >= 4 is 6.09 Å². The second-order valence-electron chi connectivity index (χ2n) is 7.57. The highest BCUT2D eigenvalue weighted by atomic mass is 16.6. The highest BCUT2D eigenvalue weighted by Crippen LogP contribution is 2.47. The molecular formula is C16H30N2O3. The Bertz CT molecular complexity index is 361. The first-order valence-electron chi connectivity index (χ1n) is 8.16. The summed E-state index contributed by atoms with van der Waals surface area (Å²) in [5.74, 6) is 0. The van der Waals surface area contributed by atoms with Gasteiger partial charge < -0.3 is 20.1 Å². The molecule has 0 aromatic heterocycles. The maximum atomic E-state index is 12.2. The third kappa shape index (κ3) is 4.85. The average Bonchev–Trinajstić information content (AvgIpc) is 2.96. The summed E-state index contributed by atoms with van der Waals surface area (Å²) in [6.07, 6.45) is 5.21. The minimum absolute atomic E-state index is 0.191. The van der Waals surface area contributed by atoms with Gasteiger partial charge in [0.05, 0.1) is 0 Å². The summed E-state index contributed by atoms with van der Waals surface area (Å²) in [5, 5.41) is 12.6. The van der Waals surface area contributed by atoms with E-state index >= 15 is 0 Å². The molecule has 1 aliphatic heterocycles. The highest BCUT2D eigenvalue weighted by molar-refractivity contribution is 5.69. The summed E-state index contributed by atoms with van der Waals surface area (Å²) in [6.45, 7) is 8.55. The maximum absolute atomic E-state index is 12.2. The van der Waals surface area contributed by atoms with E-state index in [0.29, 0.717) is 5.41 Å². The SMILES string of the molecule is CC(C)(C)OC(=O)N1CCCC1CNCC1(CCO)CC1. The summed E-state index contributed by atoms with van der Waals surface area (Å²) in [6, 6.07) is 0.241. The number of hydrogen-bond donors (Lipinski definition) is 2. The first kappa shape index (κ1) is 16.6. The summed E-state index contributed by atoms with van der Waals surface area (Å²) >= 11 is 0. The van der Waals surface area contributed by atoms with Gasteiger partial charge in [-0.2, -0.15) is 0 Å². The molecular weight excluding hydrogens is 268 g/mol. The number of nitrogens with zero attached hydrogens (tertiary/aromatic N) is 1. The minimum atomic E-state index is -0.434. The van der Waals surface area contributed by atoms with E-state index in [2.05, 4.69) is 5.32 Å². The van der Waals surface area contributed by atoms with Crippen LogP contribution in [0.4, 0.5) is 4.79 Å². The van der Waals surface area contributed by atoms with Gasteiger partial charge in [0.25, 0.3) is 0 Å². The van der Waals surface area contributed by atoms with Crippen LogP contribution in [0.3, 0.4) is 0 Å². The van der Waals surface area contributed by atoms with Crippen molar-refractivity contribution in [2.75, 3.05) is 26.2 Å². The van der Waals surface area contributed by atoms with Crippen molar-refractivity contribution in [2.24, 2.45) is 5.41 Å². The van der Waals surface area contributed by atoms with E-state index in [9.17, 15) is 4.79 Å². The molecule has 2 aliphatic rings. The smallest absolute Gasteiger partial charge is 0.410 e. The molecule has 5 heteroatoms. The van der Waals surface area contributed by atoms with Gasteiger partial charge in [-0.25, -0.2) is 4.79 Å². The van der Waals surface area contributed by atoms with Gasteiger partial charge in [0.15, 0.2) is 0 Å². The molecule has 5 nitrogen and oxygen atoms in total. The number of likely N-dealkylation sites (tertiary alicyclic amines) is 1. The second-order valence-corrected chi connectivity index (χ2v) is 7.57. The Morgan fingerprint density at radius 1 is 1.43 bits per heavy atom. The average molecular weight is 298 g/mol. The van der Waals surface area contributed by atoms with Crippen LogP contribution in [0.25, 0.3) is 0 Å². The molecule has 0 aromatic carbocycles. The van der Waals surface area contributed by atoms with E-state index < -0.39 is 5.60 Å². The fraction of sp³-hybridized carbons (Fsp3) is 0.938. The fourth-order valence-electron chi connectivity index (χ4n) is 3.04. The normalized spacial score (nSPS) is 24.2. The molecule has 1 saturated heterocycles. The second kappa shape index (κ2) is 6.53. The molecule has 1 heterocycles. The van der Waals surface area contributed by atoms with Crippen molar-refractivity contribution in [2.45, 2.75) is 64.5 Å². The topological polar surface area (TPSA) is 61.8 Å². The molecule has 1 saturated carbocycles. The number of carbonyl (C=O) groups is 1. The summed E-state index contributed by atoms with van der Waals surface area (Å²) < 4.78 is 5.48. The van der Waals surface area contributed by atoms with Crippen LogP contribution in [0.2, 0.25) is 0 Å². The Morgan fingerprint density at radius 2 is 2.14 bits per heavy atom. The minimum Gasteiger partial charge on any atom is -0.444 e. The molecule has 0 spiro atoms. The van der Waals surface area contributed by atoms with Crippen LogP contribution in [0.5, 0.6) is 0 Å². The molecule has 0 bridgehead atoms. The van der Waals surface area contributed by atoms with Crippen molar-refractivity contribution in [3.8, 4) is 0 Å². The third-order valence-corrected chi connectivity index (χ3v) is 4.48. The van der Waals surface area contributed by atoms with Gasteiger partial charge in [0, 0.05) is 32.3 Å². The van der Waals surface area contributed by atoms with Gasteiger partial charge in [0.2, 0.25) is 0 Å². The monoisotopic (exact) mass is 298 g/mol. The summed E-state index contributed by atoms with van der Waals surface area (Å²) in [5.41, 5.74) is -0.110. The third-order valence-electron chi connectivity index (χ3n) is 4.48. The van der Waals surface area contributed by atoms with Crippen LogP contribution >= 0.6 is 0 Å². The zero-order chi connectivity index (χ0) is 15.5. The Labute approximate surface area is 128 Å². The van der Waals surface area contributed by atoms with Gasteiger partial charge in [-0.05, 0) is 58.3 Å². The van der Waals surface area contributed by atoms with E-state index in [-0.39, 0.29) is 18.7 Å². The van der Waals surface area contributed by atoms with Crippen LogP contribution in [0.15, 0.2) is 0 Å². The van der Waals surface area contributed by atoms with Gasteiger partial charge in [-0.3, -0.25) is 0 Å². The molecule has 2 rings (SSSR count). The summed E-state index contributed by atoms with van der Waals surface area (Å²) in [7, 11) is 0. The molecule has 21 heavy (non-hydrogen) atoms. The van der Waals surface area contributed by atoms with E-state index in [0.717, 1.165) is 38.9 Å². The molecule has 2 N–H and O–H groups in total. The van der Waals surface area contributed by atoms with E-state index in [1.54, 1.807) is 0 Å². The quantitative estimate of drug-likeness (QED) is 0.788. The van der Waals surface area contributed by atoms with Crippen LogP contribution in [-0.4, -0.2) is 54.0 Å². The van der Waals surface area contributed by atoms with Gasteiger partial charge in [-0.15, -0.1) is 0 Å². The summed E-state index contributed by atoms with van der Waals surface area (Å²) in [4.78, 5) is 14.1. The lowest BCUT2D eigenvalue weighted by molar-refractivity contribution is 0.0226. The molecule has 122 valence electrons. The maximum Gasteiger partial charge on any atom is 0.410 e. The molecule has 1 atom stereocenters.